The zero-order valence-electron chi connectivity index (χ0n) is 12.7. The molecule has 2 amide bonds. The average molecular weight is 287 g/mol. The van der Waals surface area contributed by atoms with Crippen LogP contribution in [-0.2, 0) is 19.6 Å². The van der Waals surface area contributed by atoms with Crippen LogP contribution in [0.4, 0.5) is 4.79 Å². The van der Waals surface area contributed by atoms with Crippen molar-refractivity contribution in [2.75, 3.05) is 0 Å². The molecule has 0 saturated carbocycles. The van der Waals surface area contributed by atoms with E-state index in [4.69, 9.17) is 0 Å². The Morgan fingerprint density at radius 2 is 2.05 bits per heavy atom. The number of hydrogen-bond donors (Lipinski definition) is 2. The first kappa shape index (κ1) is 15.0. The minimum atomic E-state index is -0.193. The number of carbonyl (C=O) groups excluding carboxylic acids is 1. The summed E-state index contributed by atoms with van der Waals surface area (Å²) in [6.45, 7) is 7.82. The quantitative estimate of drug-likeness (QED) is 0.882. The lowest BCUT2D eigenvalue weighted by Gasteiger charge is -2.08. The van der Waals surface area contributed by atoms with Gasteiger partial charge in [0.1, 0.15) is 0 Å². The summed E-state index contributed by atoms with van der Waals surface area (Å²) >= 11 is 0. The standard InChI is InChI=1S/C15H21N5O/c1-4-20-12(3)14(11(2)19-20)10-18-15(21)17-9-13-6-5-7-16-8-13/h5-8H,4,9-10H2,1-3H3,(H2,17,18,21). The normalized spacial score (nSPS) is 10.4. The molecule has 0 bridgehead atoms. The van der Waals surface area contributed by atoms with Gasteiger partial charge in [0, 0.05) is 43.3 Å². The highest BCUT2D eigenvalue weighted by molar-refractivity contribution is 5.73. The summed E-state index contributed by atoms with van der Waals surface area (Å²) in [7, 11) is 0. The molecule has 2 rings (SSSR count). The summed E-state index contributed by atoms with van der Waals surface area (Å²) in [5, 5.41) is 10.1. The molecule has 21 heavy (non-hydrogen) atoms. The van der Waals surface area contributed by atoms with E-state index < -0.39 is 0 Å². The summed E-state index contributed by atoms with van der Waals surface area (Å²) in [6.07, 6.45) is 3.44. The second-order valence-electron chi connectivity index (χ2n) is 4.86. The van der Waals surface area contributed by atoms with Gasteiger partial charge in [0.2, 0.25) is 0 Å². The molecular formula is C15H21N5O. The predicted octanol–water partition coefficient (Wildman–Crippen LogP) is 1.91. The molecule has 0 aliphatic heterocycles. The van der Waals surface area contributed by atoms with Gasteiger partial charge in [0.15, 0.2) is 0 Å². The van der Waals surface area contributed by atoms with Crippen molar-refractivity contribution in [2.45, 2.75) is 40.4 Å². The van der Waals surface area contributed by atoms with Crippen molar-refractivity contribution in [3.05, 3.63) is 47.0 Å². The third kappa shape index (κ3) is 3.81. The average Bonchev–Trinajstić information content (AvgIpc) is 2.78. The van der Waals surface area contributed by atoms with E-state index in [2.05, 4.69) is 27.6 Å². The lowest BCUT2D eigenvalue weighted by molar-refractivity contribution is 0.240. The number of hydrogen-bond acceptors (Lipinski definition) is 3. The number of amides is 2. The Labute approximate surface area is 124 Å². The molecule has 0 unspecified atom stereocenters. The molecule has 112 valence electrons. The van der Waals surface area contributed by atoms with E-state index in [1.165, 1.54) is 0 Å². The predicted molar refractivity (Wildman–Crippen MR) is 80.7 cm³/mol. The fourth-order valence-electron chi connectivity index (χ4n) is 2.21. The minimum Gasteiger partial charge on any atom is -0.334 e. The van der Waals surface area contributed by atoms with Gasteiger partial charge in [0.05, 0.1) is 5.69 Å². The van der Waals surface area contributed by atoms with Crippen LogP contribution in [0.5, 0.6) is 0 Å². The molecule has 0 saturated heterocycles. The second-order valence-corrected chi connectivity index (χ2v) is 4.86. The van der Waals surface area contributed by atoms with Crippen molar-refractivity contribution in [1.29, 1.82) is 0 Å². The number of aromatic nitrogens is 3. The van der Waals surface area contributed by atoms with Gasteiger partial charge in [-0.3, -0.25) is 9.67 Å². The molecule has 0 radical (unpaired) electrons. The Morgan fingerprint density at radius 1 is 1.29 bits per heavy atom. The van der Waals surface area contributed by atoms with Crippen molar-refractivity contribution in [2.24, 2.45) is 0 Å². The Morgan fingerprint density at radius 3 is 2.67 bits per heavy atom. The summed E-state index contributed by atoms with van der Waals surface area (Å²) in [4.78, 5) is 15.8. The van der Waals surface area contributed by atoms with Gasteiger partial charge in [-0.1, -0.05) is 6.07 Å². The molecular weight excluding hydrogens is 266 g/mol. The van der Waals surface area contributed by atoms with Crippen molar-refractivity contribution < 1.29 is 4.79 Å². The number of carbonyl (C=O) groups is 1. The highest BCUT2D eigenvalue weighted by Crippen LogP contribution is 2.12. The number of nitrogens with zero attached hydrogens (tertiary/aromatic N) is 3. The van der Waals surface area contributed by atoms with Gasteiger partial charge in [-0.2, -0.15) is 5.10 Å². The van der Waals surface area contributed by atoms with Crippen LogP contribution in [0.1, 0.15) is 29.4 Å². The molecule has 6 nitrogen and oxygen atoms in total. The molecule has 2 aromatic heterocycles. The van der Waals surface area contributed by atoms with E-state index in [0.29, 0.717) is 13.1 Å². The summed E-state index contributed by atoms with van der Waals surface area (Å²) in [5.41, 5.74) is 4.11. The third-order valence-electron chi connectivity index (χ3n) is 3.43. The van der Waals surface area contributed by atoms with Gasteiger partial charge >= 0.3 is 6.03 Å². The lowest BCUT2D eigenvalue weighted by atomic mass is 10.2. The van der Waals surface area contributed by atoms with E-state index >= 15 is 0 Å². The Balaban J connectivity index is 1.85. The maximum atomic E-state index is 11.8. The van der Waals surface area contributed by atoms with Crippen molar-refractivity contribution >= 4 is 6.03 Å². The zero-order chi connectivity index (χ0) is 15.2. The van der Waals surface area contributed by atoms with Gasteiger partial charge < -0.3 is 10.6 Å². The number of rotatable bonds is 5. The van der Waals surface area contributed by atoms with Gasteiger partial charge in [-0.05, 0) is 32.4 Å². The van der Waals surface area contributed by atoms with Crippen LogP contribution in [-0.4, -0.2) is 20.8 Å². The van der Waals surface area contributed by atoms with Crippen LogP contribution >= 0.6 is 0 Å². The van der Waals surface area contributed by atoms with E-state index in [1.807, 2.05) is 30.7 Å². The molecule has 0 fully saturated rings. The van der Waals surface area contributed by atoms with Crippen molar-refractivity contribution in [3.63, 3.8) is 0 Å². The van der Waals surface area contributed by atoms with Crippen LogP contribution in [0.3, 0.4) is 0 Å². The largest absolute Gasteiger partial charge is 0.334 e. The maximum Gasteiger partial charge on any atom is 0.315 e. The summed E-state index contributed by atoms with van der Waals surface area (Å²) in [5.74, 6) is 0. The number of nitrogens with one attached hydrogen (secondary N) is 2. The molecule has 2 heterocycles. The zero-order valence-corrected chi connectivity index (χ0v) is 12.7. The fourth-order valence-corrected chi connectivity index (χ4v) is 2.21. The Hall–Kier alpha value is -2.37. The lowest BCUT2D eigenvalue weighted by Crippen LogP contribution is -2.34. The molecule has 2 N–H and O–H groups in total. The van der Waals surface area contributed by atoms with Crippen LogP contribution in [0.15, 0.2) is 24.5 Å². The number of aryl methyl sites for hydroxylation is 2. The highest BCUT2D eigenvalue weighted by atomic mass is 16.2. The fraction of sp³-hybridized carbons (Fsp3) is 0.400. The first-order valence-corrected chi connectivity index (χ1v) is 7.05. The number of pyridine rings is 1. The SMILES string of the molecule is CCn1nc(C)c(CNC(=O)NCc2cccnc2)c1C. The number of urea groups is 1. The van der Waals surface area contributed by atoms with Gasteiger partial charge in [-0.25, -0.2) is 4.79 Å². The third-order valence-corrected chi connectivity index (χ3v) is 3.43. The van der Waals surface area contributed by atoms with Gasteiger partial charge in [-0.15, -0.1) is 0 Å². The molecule has 0 aliphatic rings. The van der Waals surface area contributed by atoms with E-state index in [9.17, 15) is 4.79 Å². The van der Waals surface area contributed by atoms with Crippen LogP contribution in [0, 0.1) is 13.8 Å². The van der Waals surface area contributed by atoms with E-state index in [1.54, 1.807) is 12.4 Å². The minimum absolute atomic E-state index is 0.193. The molecule has 0 atom stereocenters. The first-order chi connectivity index (χ1) is 10.1. The first-order valence-electron chi connectivity index (χ1n) is 7.05. The molecule has 0 aromatic carbocycles. The molecule has 0 spiro atoms. The topological polar surface area (TPSA) is 71.8 Å². The van der Waals surface area contributed by atoms with E-state index in [0.717, 1.165) is 29.1 Å². The monoisotopic (exact) mass is 287 g/mol. The molecule has 6 heteroatoms. The Kier molecular flexibility index (Phi) is 4.92. The summed E-state index contributed by atoms with van der Waals surface area (Å²) in [6, 6.07) is 3.58. The smallest absolute Gasteiger partial charge is 0.315 e. The van der Waals surface area contributed by atoms with Crippen LogP contribution < -0.4 is 10.6 Å². The van der Waals surface area contributed by atoms with Crippen LogP contribution in [0.2, 0.25) is 0 Å². The second kappa shape index (κ2) is 6.88. The van der Waals surface area contributed by atoms with E-state index in [-0.39, 0.29) is 6.03 Å². The van der Waals surface area contributed by atoms with Crippen LogP contribution in [0.25, 0.3) is 0 Å². The Bertz CT molecular complexity index is 606. The van der Waals surface area contributed by atoms with Crippen molar-refractivity contribution in [3.8, 4) is 0 Å². The highest BCUT2D eigenvalue weighted by Gasteiger charge is 2.11. The molecule has 0 aliphatic carbocycles. The maximum absolute atomic E-state index is 11.8. The van der Waals surface area contributed by atoms with Gasteiger partial charge in [0.25, 0.3) is 0 Å². The molecule has 2 aromatic rings. The van der Waals surface area contributed by atoms with Crippen molar-refractivity contribution in [1.82, 2.24) is 25.4 Å². The summed E-state index contributed by atoms with van der Waals surface area (Å²) < 4.78 is 1.94.